The molecule has 0 aromatic heterocycles. The summed E-state index contributed by atoms with van der Waals surface area (Å²) in [5, 5.41) is 14.2. The third-order valence-electron chi connectivity index (χ3n) is 8.54. The van der Waals surface area contributed by atoms with Crippen LogP contribution in [0.3, 0.4) is 0 Å². The highest BCUT2D eigenvalue weighted by Gasteiger charge is 2.32. The van der Waals surface area contributed by atoms with Crippen LogP contribution in [0, 0.1) is 11.7 Å². The first-order valence-electron chi connectivity index (χ1n) is 14.9. The highest BCUT2D eigenvalue weighted by Crippen LogP contribution is 2.42. The van der Waals surface area contributed by atoms with E-state index >= 15 is 0 Å². The number of hydrogen-bond acceptors (Lipinski definition) is 5. The standard InChI is InChI=1S/C31H38ClFN2O3.CH2O3/c1-2-23-18-22(8-13-28(23)38-17-16-35-29(36)14-15-30(35)37)20-34(19-21-6-4-3-5-7-21)27-12-10-25-24(27)9-11-26(33)31(25)32;2-1(3)4/h8-9,11,13,18,21,27H,2-7,10,12,14-17,19-20H2,1H3;(H2,2,3,4). The molecule has 0 radical (unpaired) electrons. The number of fused-ring (bicyclic) bond motifs is 1. The lowest BCUT2D eigenvalue weighted by Crippen LogP contribution is -2.33. The fourth-order valence-corrected chi connectivity index (χ4v) is 6.76. The largest absolute Gasteiger partial charge is 0.503 e. The zero-order valence-electron chi connectivity index (χ0n) is 24.1. The lowest BCUT2D eigenvalue weighted by molar-refractivity contribution is -0.138. The summed E-state index contributed by atoms with van der Waals surface area (Å²) in [4.78, 5) is 36.2. The van der Waals surface area contributed by atoms with Gasteiger partial charge in [-0.05, 0) is 72.4 Å². The van der Waals surface area contributed by atoms with Crippen LogP contribution in [0.2, 0.25) is 5.02 Å². The molecule has 0 bridgehead atoms. The smallest absolute Gasteiger partial charge is 0.491 e. The Labute approximate surface area is 251 Å². The summed E-state index contributed by atoms with van der Waals surface area (Å²) in [7, 11) is 0. The van der Waals surface area contributed by atoms with Crippen LogP contribution >= 0.6 is 11.6 Å². The van der Waals surface area contributed by atoms with Crippen LogP contribution in [0.4, 0.5) is 9.18 Å². The predicted molar refractivity (Wildman–Crippen MR) is 157 cm³/mol. The van der Waals surface area contributed by atoms with Gasteiger partial charge in [0.25, 0.3) is 0 Å². The fraction of sp³-hybridized carbons (Fsp3) is 0.531. The van der Waals surface area contributed by atoms with E-state index in [1.54, 1.807) is 0 Å². The van der Waals surface area contributed by atoms with Crippen LogP contribution in [0.1, 0.15) is 86.6 Å². The van der Waals surface area contributed by atoms with Crippen LogP contribution in [0.25, 0.3) is 0 Å². The highest BCUT2D eigenvalue weighted by molar-refractivity contribution is 6.31. The molecule has 8 nitrogen and oxygen atoms in total. The second kappa shape index (κ2) is 14.8. The maximum absolute atomic E-state index is 14.2. The molecule has 1 heterocycles. The molecule has 228 valence electrons. The van der Waals surface area contributed by atoms with E-state index in [0.29, 0.717) is 31.9 Å². The lowest BCUT2D eigenvalue weighted by Gasteiger charge is -2.35. The van der Waals surface area contributed by atoms with Crippen molar-refractivity contribution in [1.82, 2.24) is 9.80 Å². The molecule has 1 unspecified atom stereocenters. The number of carbonyl (C=O) groups is 3. The molecule has 42 heavy (non-hydrogen) atoms. The third-order valence-corrected chi connectivity index (χ3v) is 8.94. The number of imide groups is 1. The van der Waals surface area contributed by atoms with Gasteiger partial charge in [0.2, 0.25) is 11.8 Å². The van der Waals surface area contributed by atoms with E-state index in [9.17, 15) is 14.0 Å². The van der Waals surface area contributed by atoms with Crippen molar-refractivity contribution < 1.29 is 33.7 Å². The monoisotopic (exact) mass is 602 g/mol. The molecule has 1 saturated heterocycles. The van der Waals surface area contributed by atoms with Gasteiger partial charge in [0.15, 0.2) is 0 Å². The van der Waals surface area contributed by atoms with Gasteiger partial charge >= 0.3 is 6.16 Å². The average molecular weight is 603 g/mol. The Balaban J connectivity index is 0.000000952. The molecule has 2 aromatic rings. The van der Waals surface area contributed by atoms with Gasteiger partial charge in [-0.25, -0.2) is 9.18 Å². The van der Waals surface area contributed by atoms with E-state index in [1.165, 1.54) is 54.2 Å². The SMILES string of the molecule is CCc1cc(CN(CC2CCCCC2)C2CCc3c2ccc(F)c3Cl)ccc1OCCN1C(=O)CCC1=O.O=C(O)O. The number of carbonyl (C=O) groups excluding carboxylic acids is 2. The van der Waals surface area contributed by atoms with Gasteiger partial charge < -0.3 is 14.9 Å². The number of rotatable bonds is 10. The Hall–Kier alpha value is -3.17. The van der Waals surface area contributed by atoms with Crippen LogP contribution in [-0.4, -0.2) is 57.7 Å². The number of carboxylic acid groups (broad SMARTS) is 2. The molecule has 2 aliphatic carbocycles. The molecule has 1 aliphatic heterocycles. The second-order valence-electron chi connectivity index (χ2n) is 11.3. The third kappa shape index (κ3) is 8.01. The van der Waals surface area contributed by atoms with Crippen molar-refractivity contribution in [3.63, 3.8) is 0 Å². The number of hydrogen-bond donors (Lipinski definition) is 2. The van der Waals surface area contributed by atoms with E-state index in [0.717, 1.165) is 49.2 Å². The van der Waals surface area contributed by atoms with E-state index in [4.69, 9.17) is 31.3 Å². The second-order valence-corrected chi connectivity index (χ2v) is 11.7. The summed E-state index contributed by atoms with van der Waals surface area (Å²) in [6.07, 6.45) is 7.86. The van der Waals surface area contributed by atoms with Gasteiger partial charge in [-0.15, -0.1) is 0 Å². The number of ether oxygens (including phenoxy) is 1. The molecule has 3 aliphatic rings. The van der Waals surface area contributed by atoms with Gasteiger partial charge in [-0.3, -0.25) is 19.4 Å². The summed E-state index contributed by atoms with van der Waals surface area (Å²) in [5.41, 5.74) is 4.50. The van der Waals surface area contributed by atoms with Gasteiger partial charge in [0.1, 0.15) is 18.2 Å². The molecular weight excluding hydrogens is 563 g/mol. The van der Waals surface area contributed by atoms with Crippen LogP contribution < -0.4 is 4.74 Å². The maximum Gasteiger partial charge on any atom is 0.503 e. The Kier molecular flexibility index (Phi) is 11.2. The first-order chi connectivity index (χ1) is 20.2. The molecule has 2 fully saturated rings. The number of nitrogens with zero attached hydrogens (tertiary/aromatic N) is 2. The normalized spacial score (nSPS) is 18.7. The molecule has 0 spiro atoms. The summed E-state index contributed by atoms with van der Waals surface area (Å²) in [5.74, 6) is 0.947. The molecule has 1 atom stereocenters. The van der Waals surface area contributed by atoms with Gasteiger partial charge in [-0.1, -0.05) is 56.0 Å². The van der Waals surface area contributed by atoms with Crippen LogP contribution in [-0.2, 0) is 29.0 Å². The lowest BCUT2D eigenvalue weighted by atomic mass is 9.88. The summed E-state index contributed by atoms with van der Waals surface area (Å²) < 4.78 is 20.2. The van der Waals surface area contributed by atoms with Crippen LogP contribution in [0.5, 0.6) is 5.75 Å². The van der Waals surface area contributed by atoms with Crippen molar-refractivity contribution in [2.75, 3.05) is 19.7 Å². The van der Waals surface area contributed by atoms with E-state index in [2.05, 4.69) is 24.0 Å². The average Bonchev–Trinajstić information content (AvgIpc) is 3.54. The topological polar surface area (TPSA) is 107 Å². The summed E-state index contributed by atoms with van der Waals surface area (Å²) >= 11 is 6.37. The Bertz CT molecular complexity index is 1260. The minimum absolute atomic E-state index is 0.111. The number of amides is 2. The zero-order valence-corrected chi connectivity index (χ0v) is 24.9. The van der Waals surface area contributed by atoms with Gasteiger partial charge in [0, 0.05) is 32.0 Å². The molecule has 2 N–H and O–H groups in total. The van der Waals surface area contributed by atoms with E-state index in [-0.39, 0.29) is 28.7 Å². The zero-order chi connectivity index (χ0) is 30.2. The fourth-order valence-electron chi connectivity index (χ4n) is 6.49. The van der Waals surface area contributed by atoms with E-state index in [1.807, 2.05) is 12.1 Å². The van der Waals surface area contributed by atoms with Crippen LogP contribution in [0.15, 0.2) is 30.3 Å². The summed E-state index contributed by atoms with van der Waals surface area (Å²) in [6.45, 7) is 4.56. The van der Waals surface area contributed by atoms with Crippen molar-refractivity contribution in [3.05, 3.63) is 63.4 Å². The Morgan fingerprint density at radius 3 is 2.40 bits per heavy atom. The van der Waals surface area contributed by atoms with Gasteiger partial charge in [-0.2, -0.15) is 0 Å². The molecule has 1 saturated carbocycles. The van der Waals surface area contributed by atoms with Crippen molar-refractivity contribution in [2.45, 2.75) is 83.7 Å². The molecule has 10 heteroatoms. The number of likely N-dealkylation sites (tertiary alicyclic amines) is 1. The van der Waals surface area contributed by atoms with Crippen molar-refractivity contribution >= 4 is 29.6 Å². The van der Waals surface area contributed by atoms with Gasteiger partial charge in [0.05, 0.1) is 11.6 Å². The summed E-state index contributed by atoms with van der Waals surface area (Å²) in [6, 6.07) is 10.1. The Morgan fingerprint density at radius 2 is 1.74 bits per heavy atom. The Morgan fingerprint density at radius 1 is 1.05 bits per heavy atom. The number of halogens is 2. The predicted octanol–water partition coefficient (Wildman–Crippen LogP) is 6.86. The number of benzene rings is 2. The highest BCUT2D eigenvalue weighted by atomic mass is 35.5. The minimum atomic E-state index is -1.83. The first kappa shape index (κ1) is 31.8. The van der Waals surface area contributed by atoms with Crippen molar-refractivity contribution in [3.8, 4) is 5.75 Å². The molecule has 2 amide bonds. The molecular formula is C32H40ClFN2O6. The van der Waals surface area contributed by atoms with E-state index < -0.39 is 6.16 Å². The quantitative estimate of drug-likeness (QED) is 0.286. The number of aryl methyl sites for hydroxylation is 1. The van der Waals surface area contributed by atoms with Crippen molar-refractivity contribution in [1.29, 1.82) is 0 Å². The van der Waals surface area contributed by atoms with Crippen molar-refractivity contribution in [2.24, 2.45) is 5.92 Å². The minimum Gasteiger partial charge on any atom is -0.491 e. The maximum atomic E-state index is 14.2. The molecule has 5 rings (SSSR count). The first-order valence-corrected chi connectivity index (χ1v) is 15.3. The molecule has 2 aromatic carbocycles.